The van der Waals surface area contributed by atoms with Gasteiger partial charge < -0.3 is 10.6 Å². The molecule has 7 heteroatoms. The van der Waals surface area contributed by atoms with E-state index in [1.165, 1.54) is 18.2 Å². The van der Waals surface area contributed by atoms with Crippen molar-refractivity contribution >= 4 is 29.0 Å². The van der Waals surface area contributed by atoms with Gasteiger partial charge in [-0.15, -0.1) is 10.2 Å². The van der Waals surface area contributed by atoms with E-state index in [9.17, 15) is 9.18 Å². The third-order valence-corrected chi connectivity index (χ3v) is 3.81. The highest BCUT2D eigenvalue weighted by atomic mass is 35.5. The first kappa shape index (κ1) is 16.9. The normalized spacial score (nSPS) is 10.3. The zero-order valence-corrected chi connectivity index (χ0v) is 13.8. The molecule has 1 heterocycles. The summed E-state index contributed by atoms with van der Waals surface area (Å²) in [5, 5.41) is 14.0. The molecule has 0 spiro atoms. The van der Waals surface area contributed by atoms with Crippen LogP contribution in [0.3, 0.4) is 0 Å². The molecule has 1 aromatic heterocycles. The number of carbonyl (C=O) groups is 1. The maximum absolute atomic E-state index is 13.6. The number of anilines is 2. The van der Waals surface area contributed by atoms with E-state index in [0.717, 1.165) is 5.56 Å². The van der Waals surface area contributed by atoms with Crippen molar-refractivity contribution in [3.63, 3.8) is 0 Å². The van der Waals surface area contributed by atoms with Gasteiger partial charge in [0.1, 0.15) is 11.6 Å². The minimum absolute atomic E-state index is 0.0894. The van der Waals surface area contributed by atoms with Gasteiger partial charge in [-0.2, -0.15) is 0 Å². The number of benzene rings is 2. The Morgan fingerprint density at radius 2 is 1.76 bits per heavy atom. The summed E-state index contributed by atoms with van der Waals surface area (Å²) >= 11 is 6.09. The first-order valence-corrected chi connectivity index (χ1v) is 7.88. The highest BCUT2D eigenvalue weighted by Gasteiger charge is 2.11. The molecule has 0 aliphatic carbocycles. The zero-order chi connectivity index (χ0) is 17.6. The fraction of sp³-hybridized carbons (Fsp3) is 0.0556. The first-order valence-electron chi connectivity index (χ1n) is 7.50. The fourth-order valence-corrected chi connectivity index (χ4v) is 2.33. The molecule has 3 rings (SSSR count). The van der Waals surface area contributed by atoms with Gasteiger partial charge in [-0.1, -0.05) is 41.9 Å². The number of carbonyl (C=O) groups excluding carboxylic acids is 1. The maximum atomic E-state index is 13.6. The Hall–Kier alpha value is -2.99. The molecule has 0 aliphatic rings. The SMILES string of the molecule is O=C(Nc1ccccc1F)c1ccc(NCc2ccccc2Cl)nn1. The van der Waals surface area contributed by atoms with E-state index in [4.69, 9.17) is 11.6 Å². The molecule has 0 saturated carbocycles. The minimum Gasteiger partial charge on any atom is -0.364 e. The minimum atomic E-state index is -0.532. The summed E-state index contributed by atoms with van der Waals surface area (Å²) in [6.07, 6.45) is 0. The summed E-state index contributed by atoms with van der Waals surface area (Å²) in [4.78, 5) is 12.1. The van der Waals surface area contributed by atoms with E-state index in [0.29, 0.717) is 17.4 Å². The standard InChI is InChI=1S/C18H14ClFN4O/c19-13-6-2-1-5-12(13)11-21-17-10-9-16(23-24-17)18(25)22-15-8-4-3-7-14(15)20/h1-10H,11H2,(H,21,24)(H,22,25). The van der Waals surface area contributed by atoms with Crippen molar-refractivity contribution in [2.45, 2.75) is 6.54 Å². The molecule has 5 nitrogen and oxygen atoms in total. The number of rotatable bonds is 5. The quantitative estimate of drug-likeness (QED) is 0.721. The lowest BCUT2D eigenvalue weighted by atomic mass is 10.2. The Balaban J connectivity index is 1.63. The second kappa shape index (κ2) is 7.72. The Kier molecular flexibility index (Phi) is 5.20. The van der Waals surface area contributed by atoms with Gasteiger partial charge in [-0.05, 0) is 35.9 Å². The number of nitrogens with one attached hydrogen (secondary N) is 2. The number of para-hydroxylation sites is 1. The predicted octanol–water partition coefficient (Wildman–Crippen LogP) is 4.13. The molecule has 25 heavy (non-hydrogen) atoms. The van der Waals surface area contributed by atoms with E-state index in [1.54, 1.807) is 24.3 Å². The third kappa shape index (κ3) is 4.30. The van der Waals surface area contributed by atoms with Crippen LogP contribution in [0.2, 0.25) is 5.02 Å². The maximum Gasteiger partial charge on any atom is 0.276 e. The van der Waals surface area contributed by atoms with Gasteiger partial charge in [0.05, 0.1) is 5.69 Å². The Bertz CT molecular complexity index is 886. The lowest BCUT2D eigenvalue weighted by molar-refractivity contribution is 0.102. The lowest BCUT2D eigenvalue weighted by Gasteiger charge is -2.08. The van der Waals surface area contributed by atoms with E-state index in [-0.39, 0.29) is 11.4 Å². The van der Waals surface area contributed by atoms with Gasteiger partial charge in [-0.3, -0.25) is 4.79 Å². The van der Waals surface area contributed by atoms with Crippen LogP contribution in [0.15, 0.2) is 60.7 Å². The number of nitrogens with zero attached hydrogens (tertiary/aromatic N) is 2. The van der Waals surface area contributed by atoms with Gasteiger partial charge in [0.25, 0.3) is 5.91 Å². The molecule has 0 fully saturated rings. The van der Waals surface area contributed by atoms with Crippen LogP contribution in [0.5, 0.6) is 0 Å². The summed E-state index contributed by atoms with van der Waals surface area (Å²) in [5.74, 6) is -0.542. The van der Waals surface area contributed by atoms with Gasteiger partial charge in [0.15, 0.2) is 5.69 Å². The van der Waals surface area contributed by atoms with Crippen molar-refractivity contribution in [3.8, 4) is 0 Å². The van der Waals surface area contributed by atoms with Gasteiger partial charge in [-0.25, -0.2) is 4.39 Å². The van der Waals surface area contributed by atoms with Crippen LogP contribution in [0, 0.1) is 5.82 Å². The van der Waals surface area contributed by atoms with E-state index in [1.807, 2.05) is 18.2 Å². The molecule has 2 N–H and O–H groups in total. The van der Waals surface area contributed by atoms with Gasteiger partial charge >= 0.3 is 0 Å². The van der Waals surface area contributed by atoms with Crippen molar-refractivity contribution in [3.05, 3.63) is 82.8 Å². The van der Waals surface area contributed by atoms with Crippen LogP contribution >= 0.6 is 11.6 Å². The molecular weight excluding hydrogens is 343 g/mol. The summed E-state index contributed by atoms with van der Waals surface area (Å²) in [6, 6.07) is 16.5. The number of amides is 1. The molecule has 0 aliphatic heterocycles. The summed E-state index contributed by atoms with van der Waals surface area (Å²) in [6.45, 7) is 0.481. The molecule has 0 bridgehead atoms. The Labute approximate surface area is 148 Å². The van der Waals surface area contributed by atoms with Crippen LogP contribution in [0.4, 0.5) is 15.9 Å². The van der Waals surface area contributed by atoms with E-state index < -0.39 is 11.7 Å². The molecule has 0 radical (unpaired) electrons. The number of hydrogen-bond acceptors (Lipinski definition) is 4. The van der Waals surface area contributed by atoms with Gasteiger partial charge in [0, 0.05) is 11.6 Å². The molecular formula is C18H14ClFN4O. The Morgan fingerprint density at radius 3 is 2.48 bits per heavy atom. The highest BCUT2D eigenvalue weighted by molar-refractivity contribution is 6.31. The molecule has 0 atom stereocenters. The van der Waals surface area contributed by atoms with E-state index in [2.05, 4.69) is 20.8 Å². The average molecular weight is 357 g/mol. The molecule has 1 amide bonds. The topological polar surface area (TPSA) is 66.9 Å². The summed E-state index contributed by atoms with van der Waals surface area (Å²) in [7, 11) is 0. The van der Waals surface area contributed by atoms with Crippen LogP contribution in [-0.4, -0.2) is 16.1 Å². The number of halogens is 2. The van der Waals surface area contributed by atoms with Crippen molar-refractivity contribution in [2.24, 2.45) is 0 Å². The first-order chi connectivity index (χ1) is 12.1. The number of aromatic nitrogens is 2. The molecule has 0 unspecified atom stereocenters. The van der Waals surface area contributed by atoms with Crippen LogP contribution < -0.4 is 10.6 Å². The largest absolute Gasteiger partial charge is 0.364 e. The second-order valence-corrected chi connectivity index (χ2v) is 5.59. The second-order valence-electron chi connectivity index (χ2n) is 5.18. The van der Waals surface area contributed by atoms with Crippen LogP contribution in [0.1, 0.15) is 16.1 Å². The highest BCUT2D eigenvalue weighted by Crippen LogP contribution is 2.16. The van der Waals surface area contributed by atoms with E-state index >= 15 is 0 Å². The molecule has 126 valence electrons. The molecule has 3 aromatic rings. The third-order valence-electron chi connectivity index (χ3n) is 3.44. The number of hydrogen-bond donors (Lipinski definition) is 2. The van der Waals surface area contributed by atoms with Crippen molar-refractivity contribution in [2.75, 3.05) is 10.6 Å². The van der Waals surface area contributed by atoms with Crippen LogP contribution in [0.25, 0.3) is 0 Å². The van der Waals surface area contributed by atoms with Crippen molar-refractivity contribution in [1.29, 1.82) is 0 Å². The Morgan fingerprint density at radius 1 is 1.00 bits per heavy atom. The summed E-state index contributed by atoms with van der Waals surface area (Å²) in [5.41, 5.74) is 1.11. The zero-order valence-electron chi connectivity index (χ0n) is 13.0. The van der Waals surface area contributed by atoms with Crippen molar-refractivity contribution < 1.29 is 9.18 Å². The van der Waals surface area contributed by atoms with Crippen molar-refractivity contribution in [1.82, 2.24) is 10.2 Å². The molecule has 2 aromatic carbocycles. The smallest absolute Gasteiger partial charge is 0.276 e. The predicted molar refractivity (Wildman–Crippen MR) is 95.2 cm³/mol. The fourth-order valence-electron chi connectivity index (χ4n) is 2.12. The molecule has 0 saturated heterocycles. The average Bonchev–Trinajstić information content (AvgIpc) is 2.63. The monoisotopic (exact) mass is 356 g/mol. The lowest BCUT2D eigenvalue weighted by Crippen LogP contribution is -2.15. The van der Waals surface area contributed by atoms with Crippen LogP contribution in [-0.2, 0) is 6.54 Å². The van der Waals surface area contributed by atoms with Gasteiger partial charge in [0.2, 0.25) is 0 Å². The summed E-state index contributed by atoms with van der Waals surface area (Å²) < 4.78 is 13.6.